The molecule has 39 valence electrons. The third-order valence-corrected chi connectivity index (χ3v) is 2.93. The Bertz CT molecular complexity index is 76.2. The van der Waals surface area contributed by atoms with E-state index in [1.165, 1.54) is 12.8 Å². The lowest BCUT2D eigenvalue weighted by molar-refractivity contribution is 0.240. The highest BCUT2D eigenvalue weighted by Crippen LogP contribution is 2.49. The Balaban J connectivity index is 2.43. The summed E-state index contributed by atoms with van der Waals surface area (Å²) in [6.45, 7) is 4.55. The van der Waals surface area contributed by atoms with Crippen molar-refractivity contribution in [2.24, 2.45) is 5.92 Å². The molecule has 1 saturated carbocycles. The molecule has 1 rings (SSSR count). The average molecular weight is 111 g/mol. The minimum absolute atomic E-state index is 0.486. The van der Waals surface area contributed by atoms with E-state index in [1.54, 1.807) is 0 Å². The van der Waals surface area contributed by atoms with Gasteiger partial charge in [-0.25, -0.2) is 0 Å². The minimum Gasteiger partial charge on any atom is -0.0626 e. The first-order valence-corrected chi connectivity index (χ1v) is 3.38. The number of rotatable bonds is 0. The van der Waals surface area contributed by atoms with Crippen LogP contribution in [0.25, 0.3) is 0 Å². The van der Waals surface area contributed by atoms with Gasteiger partial charge < -0.3 is 0 Å². The van der Waals surface area contributed by atoms with Gasteiger partial charge in [0, 0.05) is 10.2 Å². The lowest BCUT2D eigenvalue weighted by atomic mass is 9.75. The molecule has 0 N–H and O–H groups in total. The third-order valence-electron chi connectivity index (χ3n) is 2.18. The van der Waals surface area contributed by atoms with Crippen molar-refractivity contribution in [3.8, 4) is 0 Å². The predicted octanol–water partition coefficient (Wildman–Crippen LogP) is 1.76. The summed E-state index contributed by atoms with van der Waals surface area (Å²) in [6.07, 6.45) is 2.76. The van der Waals surface area contributed by atoms with Crippen molar-refractivity contribution >= 4 is 10.2 Å². The van der Waals surface area contributed by atoms with Crippen molar-refractivity contribution in [2.45, 2.75) is 31.7 Å². The van der Waals surface area contributed by atoms with Crippen LogP contribution in [0.5, 0.6) is 0 Å². The van der Waals surface area contributed by atoms with Crippen molar-refractivity contribution in [2.75, 3.05) is 0 Å². The fourth-order valence-electron chi connectivity index (χ4n) is 0.866. The van der Waals surface area contributed by atoms with Crippen LogP contribution in [0.2, 0.25) is 5.04 Å². The van der Waals surface area contributed by atoms with Gasteiger partial charge >= 0.3 is 0 Å². The Labute approximate surface area is 48.7 Å². The molecule has 7 heavy (non-hydrogen) atoms. The maximum atomic E-state index is 3.68. The summed E-state index contributed by atoms with van der Waals surface area (Å²) < 4.78 is 0. The quantitative estimate of drug-likeness (QED) is 0.418. The fraction of sp³-hybridized carbons (Fsp3) is 1.00. The molecule has 0 aromatic carbocycles. The second-order valence-corrected chi connectivity index (χ2v) is 4.00. The predicted molar refractivity (Wildman–Crippen MR) is 32.5 cm³/mol. The van der Waals surface area contributed by atoms with Crippen LogP contribution in [0.15, 0.2) is 0 Å². The van der Waals surface area contributed by atoms with Gasteiger partial charge in [0.25, 0.3) is 0 Å². The van der Waals surface area contributed by atoms with Crippen molar-refractivity contribution in [1.29, 1.82) is 0 Å². The zero-order valence-electron chi connectivity index (χ0n) is 4.99. The van der Waals surface area contributed by atoms with E-state index >= 15 is 0 Å². The molecule has 2 atom stereocenters. The molecule has 3 radical (unpaired) electrons. The smallest absolute Gasteiger partial charge is 0.0313 e. The van der Waals surface area contributed by atoms with Gasteiger partial charge in [-0.1, -0.05) is 26.7 Å². The molecule has 0 heterocycles. The van der Waals surface area contributed by atoms with Crippen LogP contribution in [-0.4, -0.2) is 10.2 Å². The lowest BCUT2D eigenvalue weighted by Gasteiger charge is -2.42. The van der Waals surface area contributed by atoms with Crippen LogP contribution >= 0.6 is 0 Å². The number of hydrogen-bond donors (Lipinski definition) is 0. The Morgan fingerprint density at radius 2 is 2.14 bits per heavy atom. The van der Waals surface area contributed by atoms with Crippen LogP contribution in [0, 0.1) is 5.92 Å². The van der Waals surface area contributed by atoms with E-state index in [1.807, 2.05) is 0 Å². The molecular weight excluding hydrogens is 100 g/mol. The van der Waals surface area contributed by atoms with Crippen LogP contribution < -0.4 is 0 Å². The van der Waals surface area contributed by atoms with Crippen LogP contribution in [0.3, 0.4) is 0 Å². The summed E-state index contributed by atoms with van der Waals surface area (Å²) in [7, 11) is 3.68. The zero-order chi connectivity index (χ0) is 5.49. The van der Waals surface area contributed by atoms with Crippen LogP contribution in [0.1, 0.15) is 26.7 Å². The normalized spacial score (nSPS) is 51.0. The molecule has 1 fully saturated rings. The summed E-state index contributed by atoms with van der Waals surface area (Å²) in [6, 6.07) is 0. The van der Waals surface area contributed by atoms with E-state index in [9.17, 15) is 0 Å². The van der Waals surface area contributed by atoms with E-state index in [0.29, 0.717) is 5.04 Å². The van der Waals surface area contributed by atoms with Crippen molar-refractivity contribution in [3.63, 3.8) is 0 Å². The molecular formula is C6H11Si. The average Bonchev–Trinajstić information content (AvgIpc) is 1.63. The molecule has 0 nitrogen and oxygen atoms in total. The Hall–Kier alpha value is 0.217. The van der Waals surface area contributed by atoms with Gasteiger partial charge in [-0.3, -0.25) is 0 Å². The third kappa shape index (κ3) is 0.741. The summed E-state index contributed by atoms with van der Waals surface area (Å²) in [5, 5.41) is 0.486. The van der Waals surface area contributed by atoms with Crippen molar-refractivity contribution in [1.82, 2.24) is 0 Å². The van der Waals surface area contributed by atoms with E-state index in [4.69, 9.17) is 0 Å². The first-order valence-electron chi connectivity index (χ1n) is 2.88. The molecule has 0 aromatic rings. The fourth-order valence-corrected chi connectivity index (χ4v) is 1.15. The largest absolute Gasteiger partial charge is 0.0626 e. The van der Waals surface area contributed by atoms with Gasteiger partial charge in [0.1, 0.15) is 0 Å². The molecule has 0 aliphatic heterocycles. The van der Waals surface area contributed by atoms with E-state index in [-0.39, 0.29) is 0 Å². The highest BCUT2D eigenvalue weighted by atomic mass is 28.1. The second-order valence-electron chi connectivity index (χ2n) is 2.86. The standard InChI is InChI=1S/C6H11Si/c1-5-3-4-6(5,2)7/h5H,3-4H2,1-2H3. The van der Waals surface area contributed by atoms with E-state index in [2.05, 4.69) is 24.1 Å². The topological polar surface area (TPSA) is 0 Å². The van der Waals surface area contributed by atoms with Gasteiger partial charge in [-0.15, -0.1) is 0 Å². The summed E-state index contributed by atoms with van der Waals surface area (Å²) in [4.78, 5) is 0. The van der Waals surface area contributed by atoms with Gasteiger partial charge in [-0.05, 0) is 11.0 Å². The number of hydrogen-bond acceptors (Lipinski definition) is 0. The van der Waals surface area contributed by atoms with Gasteiger partial charge in [0.15, 0.2) is 0 Å². The summed E-state index contributed by atoms with van der Waals surface area (Å²) in [5.41, 5.74) is 0. The molecule has 0 bridgehead atoms. The first-order chi connectivity index (χ1) is 3.13. The monoisotopic (exact) mass is 111 g/mol. The summed E-state index contributed by atoms with van der Waals surface area (Å²) in [5.74, 6) is 0.893. The van der Waals surface area contributed by atoms with Crippen LogP contribution in [-0.2, 0) is 0 Å². The first kappa shape index (κ1) is 5.36. The molecule has 2 unspecified atom stereocenters. The highest BCUT2D eigenvalue weighted by molar-refractivity contribution is 6.15. The zero-order valence-corrected chi connectivity index (χ0v) is 5.99. The Morgan fingerprint density at radius 1 is 1.71 bits per heavy atom. The molecule has 0 amide bonds. The second kappa shape index (κ2) is 1.34. The molecule has 1 heteroatoms. The molecule has 1 aliphatic rings. The van der Waals surface area contributed by atoms with Gasteiger partial charge in [0.05, 0.1) is 0 Å². The maximum Gasteiger partial charge on any atom is 0.0313 e. The van der Waals surface area contributed by atoms with Gasteiger partial charge in [0.2, 0.25) is 0 Å². The minimum atomic E-state index is 0.486. The van der Waals surface area contributed by atoms with Gasteiger partial charge in [-0.2, -0.15) is 0 Å². The maximum absolute atomic E-state index is 3.68. The Morgan fingerprint density at radius 3 is 2.14 bits per heavy atom. The van der Waals surface area contributed by atoms with Crippen molar-refractivity contribution < 1.29 is 0 Å². The van der Waals surface area contributed by atoms with E-state index < -0.39 is 0 Å². The van der Waals surface area contributed by atoms with Crippen LogP contribution in [0.4, 0.5) is 0 Å². The molecule has 0 aromatic heterocycles. The molecule has 1 aliphatic carbocycles. The molecule has 0 spiro atoms. The SMILES string of the molecule is CC1CCC1(C)[Si]. The van der Waals surface area contributed by atoms with E-state index in [0.717, 1.165) is 5.92 Å². The summed E-state index contributed by atoms with van der Waals surface area (Å²) >= 11 is 0. The van der Waals surface area contributed by atoms with Crippen molar-refractivity contribution in [3.05, 3.63) is 0 Å². The molecule has 0 saturated heterocycles. The highest BCUT2D eigenvalue weighted by Gasteiger charge is 2.34. The lowest BCUT2D eigenvalue weighted by Crippen LogP contribution is -2.28. The Kier molecular flexibility index (Phi) is 1.03.